The van der Waals surface area contributed by atoms with E-state index in [9.17, 15) is 28.9 Å². The number of carbonyl (C=O) groups is 2. The first-order valence-electron chi connectivity index (χ1n) is 25.3. The summed E-state index contributed by atoms with van der Waals surface area (Å²) in [4.78, 5) is 52.0. The van der Waals surface area contributed by atoms with Crippen molar-refractivity contribution in [2.24, 2.45) is 0 Å². The molecule has 1 unspecified atom stereocenters. The van der Waals surface area contributed by atoms with Crippen LogP contribution in [0, 0.1) is 0 Å². The number of unbranched alkanes of at least 4 members (excludes halogenated alkanes) is 28. The van der Waals surface area contributed by atoms with Gasteiger partial charge in [0.15, 0.2) is 12.3 Å². The van der Waals surface area contributed by atoms with Crippen LogP contribution in [0.3, 0.4) is 0 Å². The Morgan fingerprint density at radius 3 is 1.57 bits per heavy atom. The fraction of sp³-hybridized carbons (Fsp3) is 0.837. The summed E-state index contributed by atoms with van der Waals surface area (Å²) in [6.07, 6.45) is 33.3. The summed E-state index contributed by atoms with van der Waals surface area (Å²) in [7, 11) is -4.79. The normalized spacial score (nSPS) is 17.4. The van der Waals surface area contributed by atoms with Gasteiger partial charge < -0.3 is 29.9 Å². The monoisotopic (exact) mass is 949 g/mol. The third-order valence-corrected chi connectivity index (χ3v) is 12.9. The molecule has 0 amide bonds. The number of phosphoric ester groups is 1. The predicted octanol–water partition coefficient (Wildman–Crippen LogP) is 11.4. The maximum absolute atomic E-state index is 13.0. The molecule has 1 aliphatic heterocycles. The molecule has 1 radical (unpaired) electrons. The average molecular weight is 949 g/mol. The Hall–Kier alpha value is -1.61. The van der Waals surface area contributed by atoms with Gasteiger partial charge in [0, 0.05) is 54.2 Å². The van der Waals surface area contributed by atoms with Crippen LogP contribution in [-0.2, 0) is 37.4 Å². The molecule has 371 valence electrons. The number of esters is 2. The van der Waals surface area contributed by atoms with Crippen molar-refractivity contribution in [3.8, 4) is 0 Å². The maximum atomic E-state index is 13.0. The van der Waals surface area contributed by atoms with Crippen LogP contribution in [0.15, 0.2) is 29.2 Å². The molecule has 2 rings (SSSR count). The van der Waals surface area contributed by atoms with Gasteiger partial charge in [-0.05, 0) is 18.9 Å². The standard InChI is InChI=1S/C49H88N3O11P.Na/c1-4-6-8-10-12-14-16-18-20-22-24-26-28-30-32-34-45(53)59-38-42(62-46(54)35-33-31-29-27-25-23-21-19-17-15-13-11-9-7-5-2)39-60-64(57,58)61-40-43-47(55)41(3)48(63-43)52-37-36-44(50)51-49(52)56;/h36-37,42-43,47-48,55H,3-35,38-40H2,1-2H3,(H,57,58)(H2,50,51,56);/t42-,43-,47+,48-;/m1./s1. The zero-order chi connectivity index (χ0) is 46.7. The Bertz CT molecular complexity index is 1500. The molecule has 14 nitrogen and oxygen atoms in total. The molecule has 0 spiro atoms. The van der Waals surface area contributed by atoms with Crippen LogP contribution in [0.2, 0.25) is 0 Å². The number of nitrogens with two attached hydrogens (primary N) is 1. The molecule has 5 atom stereocenters. The van der Waals surface area contributed by atoms with Crippen molar-refractivity contribution in [1.29, 1.82) is 0 Å². The number of carbonyl (C=O) groups excluding carboxylic acids is 2. The van der Waals surface area contributed by atoms with Gasteiger partial charge in [0.1, 0.15) is 24.6 Å². The fourth-order valence-corrected chi connectivity index (χ4v) is 8.74. The molecule has 0 aromatic carbocycles. The van der Waals surface area contributed by atoms with Gasteiger partial charge in [0.25, 0.3) is 0 Å². The topological polar surface area (TPSA) is 199 Å². The van der Waals surface area contributed by atoms with Crippen molar-refractivity contribution < 1.29 is 47.4 Å². The summed E-state index contributed by atoms with van der Waals surface area (Å²) >= 11 is 0. The molecule has 0 bridgehead atoms. The third-order valence-electron chi connectivity index (χ3n) is 12.0. The Morgan fingerprint density at radius 2 is 1.14 bits per heavy atom. The minimum Gasteiger partial charge on any atom is -0.462 e. The second kappa shape index (κ2) is 39.3. The van der Waals surface area contributed by atoms with E-state index in [2.05, 4.69) is 25.4 Å². The summed E-state index contributed by atoms with van der Waals surface area (Å²) in [6.45, 7) is 6.76. The number of ether oxygens (including phenoxy) is 3. The van der Waals surface area contributed by atoms with E-state index in [0.29, 0.717) is 12.8 Å². The molecular weight excluding hydrogens is 861 g/mol. The molecule has 2 heterocycles. The fourth-order valence-electron chi connectivity index (χ4n) is 7.97. The SMILES string of the molecule is C=C1[C@H](n2ccc(N)nc2=O)O[C@H](COP(=O)(O)OC[C@@H](COC(=O)CCCCCCCCCCCCCCCCC)OC(=O)CCCCCCCCCCCCCCCCC)[C@H]1O.[Na]. The number of phosphoric acid groups is 1. The van der Waals surface area contributed by atoms with Gasteiger partial charge in [-0.25, -0.2) is 9.36 Å². The van der Waals surface area contributed by atoms with Crippen LogP contribution in [0.25, 0.3) is 0 Å². The molecule has 1 aromatic rings. The largest absolute Gasteiger partial charge is 0.472 e. The van der Waals surface area contributed by atoms with E-state index in [1.165, 1.54) is 154 Å². The van der Waals surface area contributed by atoms with Crippen molar-refractivity contribution in [2.45, 2.75) is 244 Å². The van der Waals surface area contributed by atoms with Gasteiger partial charge in [0.2, 0.25) is 0 Å². The summed E-state index contributed by atoms with van der Waals surface area (Å²) in [6, 6.07) is 1.38. The Morgan fingerprint density at radius 1 is 0.723 bits per heavy atom. The van der Waals surface area contributed by atoms with Crippen molar-refractivity contribution >= 4 is 55.1 Å². The molecule has 16 heteroatoms. The van der Waals surface area contributed by atoms with E-state index in [4.69, 9.17) is 29.0 Å². The van der Waals surface area contributed by atoms with Crippen molar-refractivity contribution in [3.05, 3.63) is 34.9 Å². The van der Waals surface area contributed by atoms with Gasteiger partial charge in [-0.3, -0.25) is 23.2 Å². The molecular formula is C49H88N3NaO11P. The van der Waals surface area contributed by atoms with Gasteiger partial charge in [-0.1, -0.05) is 200 Å². The van der Waals surface area contributed by atoms with Crippen LogP contribution >= 0.6 is 7.82 Å². The number of aliphatic hydroxyl groups is 1. The number of anilines is 1. The quantitative estimate of drug-likeness (QED) is 0.0184. The Kier molecular flexibility index (Phi) is 37.1. The first-order valence-corrected chi connectivity index (χ1v) is 26.8. The number of nitrogens with zero attached hydrogens (tertiary/aromatic N) is 2. The smallest absolute Gasteiger partial charge is 0.462 e. The Balaban J connectivity index is 0.0000211. The van der Waals surface area contributed by atoms with Crippen LogP contribution in [0.4, 0.5) is 5.82 Å². The van der Waals surface area contributed by atoms with Crippen molar-refractivity contribution in [2.75, 3.05) is 25.6 Å². The zero-order valence-corrected chi connectivity index (χ0v) is 43.8. The van der Waals surface area contributed by atoms with Gasteiger partial charge >= 0.3 is 25.5 Å². The zero-order valence-electron chi connectivity index (χ0n) is 40.9. The molecule has 1 saturated heterocycles. The Labute approximate surface area is 414 Å². The molecule has 1 fully saturated rings. The van der Waals surface area contributed by atoms with Gasteiger partial charge in [-0.15, -0.1) is 0 Å². The first-order chi connectivity index (χ1) is 31.0. The van der Waals surface area contributed by atoms with Crippen LogP contribution < -0.4 is 11.4 Å². The number of hydrogen-bond donors (Lipinski definition) is 3. The van der Waals surface area contributed by atoms with Crippen LogP contribution in [0.5, 0.6) is 0 Å². The van der Waals surface area contributed by atoms with E-state index < -0.39 is 63.2 Å². The van der Waals surface area contributed by atoms with E-state index in [0.717, 1.165) is 43.1 Å². The molecule has 0 aliphatic carbocycles. The van der Waals surface area contributed by atoms with Gasteiger partial charge in [-0.2, -0.15) is 4.98 Å². The van der Waals surface area contributed by atoms with E-state index in [-0.39, 0.29) is 60.4 Å². The summed E-state index contributed by atoms with van der Waals surface area (Å²) in [5.74, 6) is -0.957. The number of rotatable bonds is 42. The number of hydrogen-bond acceptors (Lipinski definition) is 12. The molecule has 65 heavy (non-hydrogen) atoms. The second-order valence-electron chi connectivity index (χ2n) is 17.8. The van der Waals surface area contributed by atoms with Crippen LogP contribution in [-0.4, -0.2) is 99.2 Å². The molecule has 1 aromatic heterocycles. The van der Waals surface area contributed by atoms with Crippen molar-refractivity contribution in [3.63, 3.8) is 0 Å². The van der Waals surface area contributed by atoms with E-state index >= 15 is 0 Å². The molecule has 4 N–H and O–H groups in total. The minimum atomic E-state index is -4.79. The second-order valence-corrected chi connectivity index (χ2v) is 19.3. The maximum Gasteiger partial charge on any atom is 0.472 e. The van der Waals surface area contributed by atoms with Gasteiger partial charge in [0.05, 0.1) is 13.2 Å². The van der Waals surface area contributed by atoms with Crippen molar-refractivity contribution in [1.82, 2.24) is 9.55 Å². The number of aromatic nitrogens is 2. The summed E-state index contributed by atoms with van der Waals surface area (Å²) in [5.41, 5.74) is 4.96. The number of aliphatic hydroxyl groups excluding tert-OH is 1. The molecule has 1 aliphatic rings. The molecule has 0 saturated carbocycles. The third kappa shape index (κ3) is 30.5. The van der Waals surface area contributed by atoms with E-state index in [1.54, 1.807) is 0 Å². The predicted molar refractivity (Wildman–Crippen MR) is 259 cm³/mol. The first kappa shape index (κ1) is 61.4. The average Bonchev–Trinajstić information content (AvgIpc) is 3.55. The van der Waals surface area contributed by atoms with E-state index in [1.807, 2.05) is 0 Å². The summed E-state index contributed by atoms with van der Waals surface area (Å²) < 4.78 is 41.1. The van der Waals surface area contributed by atoms with Crippen LogP contribution in [0.1, 0.15) is 226 Å². The minimum absolute atomic E-state index is 0. The number of nitrogen functional groups attached to an aromatic ring is 1. The summed E-state index contributed by atoms with van der Waals surface area (Å²) in [5, 5.41) is 10.7.